The van der Waals surface area contributed by atoms with Crippen molar-refractivity contribution in [3.05, 3.63) is 76.5 Å². The highest BCUT2D eigenvalue weighted by atomic mass is 16.5. The third-order valence-corrected chi connectivity index (χ3v) is 5.70. The standard InChI is InChI=1S/C26H30N4O3/c1-18-19(2)30(16-20-9-7-6-8-10-20)26(22(18)14-27)28-25(31)17-29(3)15-21-11-12-23(32-4)24(13-21)33-5/h6-13H,15-17H2,1-5H3,(H,28,31). The molecule has 1 aromatic heterocycles. The maximum Gasteiger partial charge on any atom is 0.239 e. The molecule has 33 heavy (non-hydrogen) atoms. The average molecular weight is 447 g/mol. The van der Waals surface area contributed by atoms with Crippen LogP contribution in [-0.4, -0.2) is 43.2 Å². The molecule has 0 saturated heterocycles. The monoisotopic (exact) mass is 446 g/mol. The maximum atomic E-state index is 12.9. The third-order valence-electron chi connectivity index (χ3n) is 5.70. The Morgan fingerprint density at radius 3 is 2.39 bits per heavy atom. The lowest BCUT2D eigenvalue weighted by Crippen LogP contribution is -2.30. The van der Waals surface area contributed by atoms with Gasteiger partial charge in [0.2, 0.25) is 5.91 Å². The summed E-state index contributed by atoms with van der Waals surface area (Å²) in [5, 5.41) is 12.7. The molecule has 0 aliphatic rings. The highest BCUT2D eigenvalue weighted by molar-refractivity contribution is 5.93. The lowest BCUT2D eigenvalue weighted by molar-refractivity contribution is -0.117. The van der Waals surface area contributed by atoms with Gasteiger partial charge in [0.05, 0.1) is 26.3 Å². The van der Waals surface area contributed by atoms with Gasteiger partial charge in [-0.25, -0.2) is 0 Å². The summed E-state index contributed by atoms with van der Waals surface area (Å²) < 4.78 is 12.6. The van der Waals surface area contributed by atoms with E-state index in [-0.39, 0.29) is 12.5 Å². The van der Waals surface area contributed by atoms with Gasteiger partial charge in [0.1, 0.15) is 11.9 Å². The quantitative estimate of drug-likeness (QED) is 0.535. The fraction of sp³-hybridized carbons (Fsp3) is 0.308. The number of hydrogen-bond acceptors (Lipinski definition) is 5. The van der Waals surface area contributed by atoms with E-state index in [0.29, 0.717) is 36.0 Å². The fourth-order valence-electron chi connectivity index (χ4n) is 3.86. The Kier molecular flexibility index (Phi) is 7.75. The molecule has 7 heteroatoms. The van der Waals surface area contributed by atoms with Crippen molar-refractivity contribution in [2.75, 3.05) is 33.1 Å². The molecular formula is C26H30N4O3. The van der Waals surface area contributed by atoms with Gasteiger partial charge in [-0.3, -0.25) is 9.69 Å². The minimum atomic E-state index is -0.179. The molecule has 7 nitrogen and oxygen atoms in total. The number of methoxy groups -OCH3 is 2. The molecule has 3 aromatic rings. The van der Waals surface area contributed by atoms with E-state index in [1.807, 2.05) is 78.9 Å². The third kappa shape index (κ3) is 5.54. The van der Waals surface area contributed by atoms with Crippen molar-refractivity contribution in [2.24, 2.45) is 0 Å². The molecule has 0 atom stereocenters. The van der Waals surface area contributed by atoms with Crippen LogP contribution in [0, 0.1) is 25.2 Å². The van der Waals surface area contributed by atoms with Crippen molar-refractivity contribution < 1.29 is 14.3 Å². The number of likely N-dealkylation sites (N-methyl/N-ethyl adjacent to an activating group) is 1. The smallest absolute Gasteiger partial charge is 0.239 e. The van der Waals surface area contributed by atoms with E-state index in [0.717, 1.165) is 22.4 Å². The average Bonchev–Trinajstić information content (AvgIpc) is 3.03. The molecule has 0 unspecified atom stereocenters. The Balaban J connectivity index is 1.74. The molecule has 0 fully saturated rings. The van der Waals surface area contributed by atoms with Gasteiger partial charge in [-0.1, -0.05) is 36.4 Å². The van der Waals surface area contributed by atoms with Crippen LogP contribution in [0.5, 0.6) is 11.5 Å². The minimum absolute atomic E-state index is 0.174. The summed E-state index contributed by atoms with van der Waals surface area (Å²) >= 11 is 0. The van der Waals surface area contributed by atoms with Crippen molar-refractivity contribution in [1.82, 2.24) is 9.47 Å². The normalized spacial score (nSPS) is 10.7. The van der Waals surface area contributed by atoms with Gasteiger partial charge in [-0.2, -0.15) is 5.26 Å². The van der Waals surface area contributed by atoms with Gasteiger partial charge in [0.25, 0.3) is 0 Å². The lowest BCUT2D eigenvalue weighted by Gasteiger charge is -2.18. The van der Waals surface area contributed by atoms with Crippen LogP contribution in [0.3, 0.4) is 0 Å². The van der Waals surface area contributed by atoms with Crippen molar-refractivity contribution in [3.63, 3.8) is 0 Å². The molecule has 1 amide bonds. The number of carbonyl (C=O) groups excluding carboxylic acids is 1. The van der Waals surface area contributed by atoms with Gasteiger partial charge in [-0.15, -0.1) is 0 Å². The van der Waals surface area contributed by atoms with Crippen LogP contribution in [0.15, 0.2) is 48.5 Å². The van der Waals surface area contributed by atoms with E-state index in [2.05, 4.69) is 11.4 Å². The Bertz CT molecular complexity index is 1160. The van der Waals surface area contributed by atoms with E-state index >= 15 is 0 Å². The number of carbonyl (C=O) groups is 1. The molecule has 1 N–H and O–H groups in total. The predicted molar refractivity (Wildman–Crippen MR) is 129 cm³/mol. The number of aromatic nitrogens is 1. The number of amides is 1. The number of hydrogen-bond donors (Lipinski definition) is 1. The molecule has 0 bridgehead atoms. The van der Waals surface area contributed by atoms with Gasteiger partial charge >= 0.3 is 0 Å². The van der Waals surface area contributed by atoms with Crippen LogP contribution in [0.2, 0.25) is 0 Å². The number of anilines is 1. The van der Waals surface area contributed by atoms with E-state index in [1.165, 1.54) is 0 Å². The Labute approximate surface area is 195 Å². The summed E-state index contributed by atoms with van der Waals surface area (Å²) in [5.74, 6) is 1.67. The van der Waals surface area contributed by atoms with E-state index in [9.17, 15) is 10.1 Å². The largest absolute Gasteiger partial charge is 0.493 e. The summed E-state index contributed by atoms with van der Waals surface area (Å²) in [6.07, 6.45) is 0. The number of nitrogens with one attached hydrogen (secondary N) is 1. The van der Waals surface area contributed by atoms with Crippen molar-refractivity contribution in [2.45, 2.75) is 26.9 Å². The molecule has 0 aliphatic heterocycles. The van der Waals surface area contributed by atoms with Gasteiger partial charge in [-0.05, 0) is 49.7 Å². The fourth-order valence-corrected chi connectivity index (χ4v) is 3.86. The molecule has 0 spiro atoms. The van der Waals surface area contributed by atoms with Crippen LogP contribution < -0.4 is 14.8 Å². The zero-order chi connectivity index (χ0) is 24.0. The molecular weight excluding hydrogens is 416 g/mol. The minimum Gasteiger partial charge on any atom is -0.493 e. The summed E-state index contributed by atoms with van der Waals surface area (Å²) in [4.78, 5) is 14.8. The second-order valence-electron chi connectivity index (χ2n) is 8.03. The van der Waals surface area contributed by atoms with Crippen molar-refractivity contribution >= 4 is 11.7 Å². The number of nitriles is 1. The van der Waals surface area contributed by atoms with E-state index in [4.69, 9.17) is 9.47 Å². The Hall–Kier alpha value is -3.76. The molecule has 172 valence electrons. The number of nitrogens with zero attached hydrogens (tertiary/aromatic N) is 3. The SMILES string of the molecule is COc1ccc(CN(C)CC(=O)Nc2c(C#N)c(C)c(C)n2Cc2ccccc2)cc1OC. The van der Waals surface area contributed by atoms with Crippen LogP contribution in [0.1, 0.15) is 27.9 Å². The van der Waals surface area contributed by atoms with Crippen molar-refractivity contribution in [3.8, 4) is 17.6 Å². The molecule has 1 heterocycles. The second-order valence-corrected chi connectivity index (χ2v) is 8.03. The van der Waals surface area contributed by atoms with Crippen LogP contribution in [-0.2, 0) is 17.9 Å². The first-order valence-electron chi connectivity index (χ1n) is 10.7. The molecule has 3 rings (SSSR count). The molecule has 0 saturated carbocycles. The molecule has 0 aliphatic carbocycles. The van der Waals surface area contributed by atoms with Crippen LogP contribution in [0.4, 0.5) is 5.82 Å². The van der Waals surface area contributed by atoms with Gasteiger partial charge in [0, 0.05) is 18.8 Å². The Morgan fingerprint density at radius 2 is 1.76 bits per heavy atom. The first-order chi connectivity index (χ1) is 15.9. The zero-order valence-corrected chi connectivity index (χ0v) is 19.8. The molecule has 0 radical (unpaired) electrons. The highest BCUT2D eigenvalue weighted by Gasteiger charge is 2.20. The number of ether oxygens (including phenoxy) is 2. The topological polar surface area (TPSA) is 79.5 Å². The Morgan fingerprint density at radius 1 is 1.06 bits per heavy atom. The van der Waals surface area contributed by atoms with Crippen LogP contribution in [0.25, 0.3) is 0 Å². The number of benzene rings is 2. The molecule has 2 aromatic carbocycles. The van der Waals surface area contributed by atoms with Gasteiger partial charge in [0.15, 0.2) is 11.5 Å². The van der Waals surface area contributed by atoms with E-state index < -0.39 is 0 Å². The maximum absolute atomic E-state index is 12.9. The van der Waals surface area contributed by atoms with Crippen molar-refractivity contribution in [1.29, 1.82) is 5.26 Å². The summed E-state index contributed by atoms with van der Waals surface area (Å²) in [6, 6.07) is 17.9. The highest BCUT2D eigenvalue weighted by Crippen LogP contribution is 2.29. The van der Waals surface area contributed by atoms with Crippen LogP contribution >= 0.6 is 0 Å². The first-order valence-corrected chi connectivity index (χ1v) is 10.7. The predicted octanol–water partition coefficient (Wildman–Crippen LogP) is 4.11. The second kappa shape index (κ2) is 10.7. The first kappa shape index (κ1) is 23.9. The number of rotatable bonds is 9. The summed E-state index contributed by atoms with van der Waals surface area (Å²) in [7, 11) is 5.07. The van der Waals surface area contributed by atoms with Gasteiger partial charge < -0.3 is 19.4 Å². The zero-order valence-electron chi connectivity index (χ0n) is 19.8. The van der Waals surface area contributed by atoms with E-state index in [1.54, 1.807) is 14.2 Å². The summed E-state index contributed by atoms with van der Waals surface area (Å²) in [6.45, 7) is 5.19. The summed E-state index contributed by atoms with van der Waals surface area (Å²) in [5.41, 5.74) is 4.44. The lowest BCUT2D eigenvalue weighted by atomic mass is 10.2.